The van der Waals surface area contributed by atoms with Crippen molar-refractivity contribution in [1.82, 2.24) is 25.3 Å². The number of piperazine rings is 1. The van der Waals surface area contributed by atoms with E-state index < -0.39 is 0 Å². The average molecular weight is 425 g/mol. The fourth-order valence-electron chi connectivity index (χ4n) is 4.36. The summed E-state index contributed by atoms with van der Waals surface area (Å²) in [7, 11) is 0. The lowest BCUT2D eigenvalue weighted by atomic mass is 10.0. The molecule has 7 heteroatoms. The van der Waals surface area contributed by atoms with Crippen molar-refractivity contribution in [3.05, 3.63) is 0 Å². The Kier molecular flexibility index (Phi) is 12.7. The normalized spacial score (nSPS) is 21.2. The van der Waals surface area contributed by atoms with Crippen LogP contribution >= 0.6 is 0 Å². The number of likely N-dealkylation sites (N-methyl/N-ethyl adjacent to an activating group) is 1. The third-order valence-electron chi connectivity index (χ3n) is 6.22. The Morgan fingerprint density at radius 3 is 2.27 bits per heavy atom. The highest BCUT2D eigenvalue weighted by molar-refractivity contribution is 5.79. The fourth-order valence-corrected chi connectivity index (χ4v) is 4.36. The highest BCUT2D eigenvalue weighted by Crippen LogP contribution is 2.14. The van der Waals surface area contributed by atoms with Gasteiger partial charge in [0, 0.05) is 58.4 Å². The Morgan fingerprint density at radius 1 is 0.933 bits per heavy atom. The lowest BCUT2D eigenvalue weighted by Gasteiger charge is -2.34. The molecule has 176 valence electrons. The summed E-state index contributed by atoms with van der Waals surface area (Å²) in [5.74, 6) is 1.65. The molecule has 0 radical (unpaired) electrons. The van der Waals surface area contributed by atoms with Crippen molar-refractivity contribution < 1.29 is 4.74 Å². The maximum atomic E-state index is 5.54. The van der Waals surface area contributed by atoms with Gasteiger partial charge in [0.2, 0.25) is 0 Å². The van der Waals surface area contributed by atoms with Gasteiger partial charge in [-0.3, -0.25) is 9.89 Å². The topological polar surface area (TPSA) is 55.4 Å². The zero-order valence-electron chi connectivity index (χ0n) is 20.2. The molecule has 0 amide bonds. The lowest BCUT2D eigenvalue weighted by molar-refractivity contribution is 0.0143. The van der Waals surface area contributed by atoms with E-state index in [0.717, 1.165) is 51.9 Å². The highest BCUT2D eigenvalue weighted by Gasteiger charge is 2.22. The van der Waals surface area contributed by atoms with Crippen LogP contribution in [0.4, 0.5) is 0 Å². The van der Waals surface area contributed by atoms with Crippen molar-refractivity contribution in [2.24, 2.45) is 10.9 Å². The largest absolute Gasteiger partial charge is 0.379 e. The van der Waals surface area contributed by atoms with E-state index in [1.54, 1.807) is 0 Å². The highest BCUT2D eigenvalue weighted by atomic mass is 16.5. The Morgan fingerprint density at radius 2 is 1.63 bits per heavy atom. The molecule has 0 saturated carbocycles. The SMILES string of the molecule is CCNC(=NCC(CC(C)C)N1CCOCC1)NCCCCN1CCN(CC)CC1. The van der Waals surface area contributed by atoms with E-state index >= 15 is 0 Å². The minimum atomic E-state index is 0.506. The van der Waals surface area contributed by atoms with Crippen LogP contribution in [0.15, 0.2) is 4.99 Å². The summed E-state index contributed by atoms with van der Waals surface area (Å²) in [5.41, 5.74) is 0. The quantitative estimate of drug-likeness (QED) is 0.283. The molecule has 0 spiro atoms. The van der Waals surface area contributed by atoms with Crippen molar-refractivity contribution in [2.75, 3.05) is 85.2 Å². The number of unbranched alkanes of at least 4 members (excludes halogenated alkanes) is 1. The molecule has 0 aromatic heterocycles. The number of nitrogens with one attached hydrogen (secondary N) is 2. The van der Waals surface area contributed by atoms with Crippen molar-refractivity contribution >= 4 is 5.96 Å². The van der Waals surface area contributed by atoms with Gasteiger partial charge < -0.3 is 25.2 Å². The van der Waals surface area contributed by atoms with E-state index in [-0.39, 0.29) is 0 Å². The molecule has 2 saturated heterocycles. The van der Waals surface area contributed by atoms with Crippen molar-refractivity contribution in [2.45, 2.75) is 53.0 Å². The van der Waals surface area contributed by atoms with Gasteiger partial charge in [-0.15, -0.1) is 0 Å². The molecular formula is C23H48N6O. The maximum Gasteiger partial charge on any atom is 0.191 e. The van der Waals surface area contributed by atoms with Gasteiger partial charge in [0.15, 0.2) is 5.96 Å². The zero-order valence-corrected chi connectivity index (χ0v) is 20.2. The first-order valence-electron chi connectivity index (χ1n) is 12.4. The molecule has 2 heterocycles. The Hall–Kier alpha value is -0.890. The molecule has 0 bridgehead atoms. The Labute approximate surface area is 185 Å². The predicted octanol–water partition coefficient (Wildman–Crippen LogP) is 1.71. The van der Waals surface area contributed by atoms with Crippen LogP contribution in [0, 0.1) is 5.92 Å². The van der Waals surface area contributed by atoms with Gasteiger partial charge in [-0.05, 0) is 45.2 Å². The first kappa shape index (κ1) is 25.4. The number of guanidine groups is 1. The average Bonchev–Trinajstić information content (AvgIpc) is 2.77. The van der Waals surface area contributed by atoms with Crippen molar-refractivity contribution in [3.63, 3.8) is 0 Å². The number of hydrogen-bond donors (Lipinski definition) is 2. The molecule has 0 aliphatic carbocycles. The summed E-state index contributed by atoms with van der Waals surface area (Å²) in [6.45, 7) is 22.9. The summed E-state index contributed by atoms with van der Waals surface area (Å²) in [4.78, 5) is 12.7. The number of nitrogens with zero attached hydrogens (tertiary/aromatic N) is 4. The monoisotopic (exact) mass is 424 g/mol. The van der Waals surface area contributed by atoms with E-state index in [2.05, 4.69) is 53.0 Å². The van der Waals surface area contributed by atoms with Crippen LogP contribution in [0.1, 0.15) is 47.0 Å². The van der Waals surface area contributed by atoms with E-state index in [4.69, 9.17) is 9.73 Å². The van der Waals surface area contributed by atoms with Crippen LogP contribution in [0.5, 0.6) is 0 Å². The van der Waals surface area contributed by atoms with E-state index in [1.807, 2.05) is 0 Å². The molecule has 2 rings (SSSR count). The van der Waals surface area contributed by atoms with Crippen LogP contribution in [0.25, 0.3) is 0 Å². The maximum absolute atomic E-state index is 5.54. The molecule has 30 heavy (non-hydrogen) atoms. The molecule has 2 fully saturated rings. The smallest absolute Gasteiger partial charge is 0.191 e. The van der Waals surface area contributed by atoms with Gasteiger partial charge in [-0.2, -0.15) is 0 Å². The molecule has 2 aliphatic rings. The Balaban J connectivity index is 1.70. The number of aliphatic imine (C=N–C) groups is 1. The van der Waals surface area contributed by atoms with Gasteiger partial charge >= 0.3 is 0 Å². The molecule has 1 atom stereocenters. The molecular weight excluding hydrogens is 376 g/mol. The van der Waals surface area contributed by atoms with Crippen LogP contribution in [-0.2, 0) is 4.74 Å². The summed E-state index contributed by atoms with van der Waals surface area (Å²) in [6.07, 6.45) is 3.63. The van der Waals surface area contributed by atoms with Crippen molar-refractivity contribution in [1.29, 1.82) is 0 Å². The van der Waals surface area contributed by atoms with Crippen LogP contribution < -0.4 is 10.6 Å². The number of hydrogen-bond acceptors (Lipinski definition) is 5. The van der Waals surface area contributed by atoms with Gasteiger partial charge in [-0.25, -0.2) is 0 Å². The minimum Gasteiger partial charge on any atom is -0.379 e. The zero-order chi connectivity index (χ0) is 21.6. The van der Waals surface area contributed by atoms with Gasteiger partial charge in [0.05, 0.1) is 19.8 Å². The van der Waals surface area contributed by atoms with E-state index in [0.29, 0.717) is 12.0 Å². The second kappa shape index (κ2) is 15.0. The van der Waals surface area contributed by atoms with Crippen LogP contribution in [0.3, 0.4) is 0 Å². The van der Waals surface area contributed by atoms with Gasteiger partial charge in [0.25, 0.3) is 0 Å². The number of rotatable bonds is 12. The second-order valence-corrected chi connectivity index (χ2v) is 9.06. The van der Waals surface area contributed by atoms with Gasteiger partial charge in [-0.1, -0.05) is 20.8 Å². The first-order valence-corrected chi connectivity index (χ1v) is 12.4. The van der Waals surface area contributed by atoms with Crippen LogP contribution in [-0.4, -0.2) is 112 Å². The molecule has 0 aromatic carbocycles. The molecule has 2 N–H and O–H groups in total. The van der Waals surface area contributed by atoms with Crippen LogP contribution in [0.2, 0.25) is 0 Å². The molecule has 2 aliphatic heterocycles. The number of morpholine rings is 1. The number of ether oxygens (including phenoxy) is 1. The van der Waals surface area contributed by atoms with Crippen molar-refractivity contribution in [3.8, 4) is 0 Å². The summed E-state index contributed by atoms with van der Waals surface area (Å²) in [5, 5.41) is 6.98. The lowest BCUT2D eigenvalue weighted by Crippen LogP contribution is -2.46. The third kappa shape index (κ3) is 9.94. The summed E-state index contributed by atoms with van der Waals surface area (Å²) < 4.78 is 5.54. The van der Waals surface area contributed by atoms with E-state index in [9.17, 15) is 0 Å². The summed E-state index contributed by atoms with van der Waals surface area (Å²) >= 11 is 0. The molecule has 7 nitrogen and oxygen atoms in total. The summed E-state index contributed by atoms with van der Waals surface area (Å²) in [6, 6.07) is 0.506. The third-order valence-corrected chi connectivity index (χ3v) is 6.22. The first-order chi connectivity index (χ1) is 14.6. The predicted molar refractivity (Wildman–Crippen MR) is 127 cm³/mol. The van der Waals surface area contributed by atoms with Gasteiger partial charge in [0.1, 0.15) is 0 Å². The standard InChI is InChI=1S/C23H48N6O/c1-5-24-23(25-9-7-8-10-28-13-11-27(6-2)12-14-28)26-20-22(19-21(3)4)29-15-17-30-18-16-29/h21-22H,5-20H2,1-4H3,(H2,24,25,26). The molecule has 1 unspecified atom stereocenters. The molecule has 0 aromatic rings. The second-order valence-electron chi connectivity index (χ2n) is 9.06. The fraction of sp³-hybridized carbons (Fsp3) is 0.957. The van der Waals surface area contributed by atoms with E-state index in [1.165, 1.54) is 58.5 Å². The minimum absolute atomic E-state index is 0.506. The Bertz CT molecular complexity index is 459.